The molecule has 2 aromatic rings. The van der Waals surface area contributed by atoms with E-state index in [9.17, 15) is 8.42 Å². The van der Waals surface area contributed by atoms with Gasteiger partial charge in [0.25, 0.3) is 0 Å². The molecular formula is C22H30N4O3S. The Hall–Kier alpha value is -2.00. The van der Waals surface area contributed by atoms with Crippen molar-refractivity contribution < 1.29 is 13.2 Å². The number of benzene rings is 1. The van der Waals surface area contributed by atoms with Crippen LogP contribution in [0.5, 0.6) is 5.75 Å². The van der Waals surface area contributed by atoms with Gasteiger partial charge in [-0.25, -0.2) is 13.8 Å². The summed E-state index contributed by atoms with van der Waals surface area (Å²) in [6.07, 6.45) is 4.98. The first-order chi connectivity index (χ1) is 14.5. The Bertz CT molecular complexity index is 982. The van der Waals surface area contributed by atoms with Crippen LogP contribution in [0.2, 0.25) is 0 Å². The summed E-state index contributed by atoms with van der Waals surface area (Å²) in [5, 5.41) is 0. The average molecular weight is 431 g/mol. The lowest BCUT2D eigenvalue weighted by Gasteiger charge is -2.35. The maximum Gasteiger partial charge on any atom is 0.177 e. The molecule has 0 radical (unpaired) electrons. The van der Waals surface area contributed by atoms with E-state index in [1.54, 1.807) is 25.4 Å². The van der Waals surface area contributed by atoms with Gasteiger partial charge in [-0.2, -0.15) is 0 Å². The highest BCUT2D eigenvalue weighted by Crippen LogP contribution is 2.33. The van der Waals surface area contributed by atoms with Crippen molar-refractivity contribution in [2.45, 2.75) is 29.7 Å². The van der Waals surface area contributed by atoms with Crippen LogP contribution in [0.15, 0.2) is 47.5 Å². The van der Waals surface area contributed by atoms with Crippen LogP contribution in [0.25, 0.3) is 0 Å². The largest absolute Gasteiger partial charge is 0.497 e. The number of sulfone groups is 1. The molecule has 0 amide bonds. The van der Waals surface area contributed by atoms with Crippen molar-refractivity contribution in [3.63, 3.8) is 0 Å². The Labute approximate surface area is 178 Å². The van der Waals surface area contributed by atoms with Gasteiger partial charge in [0.2, 0.25) is 0 Å². The lowest BCUT2D eigenvalue weighted by molar-refractivity contribution is 0.174. The Morgan fingerprint density at radius 1 is 1.27 bits per heavy atom. The first kappa shape index (κ1) is 21.2. The van der Waals surface area contributed by atoms with Crippen molar-refractivity contribution in [3.05, 3.63) is 53.9 Å². The Kier molecular flexibility index (Phi) is 6.38. The number of likely N-dealkylation sites (tertiary alicyclic amines) is 1. The normalized spacial score (nSPS) is 25.3. The molecule has 3 atom stereocenters. The third-order valence-corrected chi connectivity index (χ3v) is 7.27. The number of ether oxygens (including phenoxy) is 1. The van der Waals surface area contributed by atoms with Crippen molar-refractivity contribution in [3.8, 4) is 5.75 Å². The first-order valence-corrected chi connectivity index (χ1v) is 12.3. The van der Waals surface area contributed by atoms with E-state index < -0.39 is 9.84 Å². The minimum Gasteiger partial charge on any atom is -0.497 e. The number of rotatable bonds is 6. The number of methoxy groups -OCH3 is 1. The van der Waals surface area contributed by atoms with Crippen LogP contribution in [0.3, 0.4) is 0 Å². The average Bonchev–Trinajstić information content (AvgIpc) is 3.21. The zero-order chi connectivity index (χ0) is 21.1. The van der Waals surface area contributed by atoms with Crippen molar-refractivity contribution >= 4 is 9.84 Å². The summed E-state index contributed by atoms with van der Waals surface area (Å²) >= 11 is 0. The summed E-state index contributed by atoms with van der Waals surface area (Å²) < 4.78 is 29.8. The van der Waals surface area contributed by atoms with Crippen molar-refractivity contribution in [1.82, 2.24) is 20.7 Å². The van der Waals surface area contributed by atoms with Crippen LogP contribution in [0.1, 0.15) is 36.1 Å². The quantitative estimate of drug-likeness (QED) is 0.726. The number of piperidine rings is 1. The lowest BCUT2D eigenvalue weighted by Crippen LogP contribution is -2.40. The van der Waals surface area contributed by atoms with E-state index in [0.717, 1.165) is 50.5 Å². The zero-order valence-corrected chi connectivity index (χ0v) is 18.4. The van der Waals surface area contributed by atoms with Gasteiger partial charge in [0.1, 0.15) is 5.75 Å². The smallest absolute Gasteiger partial charge is 0.177 e. The van der Waals surface area contributed by atoms with E-state index in [0.29, 0.717) is 10.8 Å². The molecule has 0 saturated carbocycles. The van der Waals surface area contributed by atoms with Crippen LogP contribution < -0.4 is 15.6 Å². The summed E-state index contributed by atoms with van der Waals surface area (Å²) in [7, 11) is -1.60. The molecule has 1 aromatic heterocycles. The molecule has 7 nitrogen and oxygen atoms in total. The molecule has 2 aliphatic rings. The molecule has 3 heterocycles. The second-order valence-electron chi connectivity index (χ2n) is 8.30. The summed E-state index contributed by atoms with van der Waals surface area (Å²) in [5.74, 6) is 1.41. The maximum absolute atomic E-state index is 12.2. The van der Waals surface area contributed by atoms with E-state index in [-0.39, 0.29) is 12.0 Å². The Morgan fingerprint density at radius 2 is 2.13 bits per heavy atom. The maximum atomic E-state index is 12.2. The van der Waals surface area contributed by atoms with Crippen molar-refractivity contribution in [1.29, 1.82) is 0 Å². The monoisotopic (exact) mass is 430 g/mol. The second-order valence-corrected chi connectivity index (χ2v) is 10.3. The molecule has 2 fully saturated rings. The van der Waals surface area contributed by atoms with Crippen LogP contribution in [-0.2, 0) is 9.84 Å². The van der Waals surface area contributed by atoms with E-state index in [2.05, 4.69) is 32.9 Å². The number of hydrazine groups is 1. The summed E-state index contributed by atoms with van der Waals surface area (Å²) in [6.45, 7) is 3.69. The lowest BCUT2D eigenvalue weighted by atomic mass is 9.90. The number of pyridine rings is 1. The molecule has 4 rings (SSSR count). The van der Waals surface area contributed by atoms with Gasteiger partial charge in [-0.05, 0) is 49.2 Å². The Balaban J connectivity index is 1.48. The summed E-state index contributed by atoms with van der Waals surface area (Å²) in [6, 6.07) is 11.8. The van der Waals surface area contributed by atoms with Gasteiger partial charge in [-0.1, -0.05) is 12.1 Å². The number of nitrogens with zero attached hydrogens (tertiary/aromatic N) is 2. The van der Waals surface area contributed by atoms with Gasteiger partial charge >= 0.3 is 0 Å². The van der Waals surface area contributed by atoms with E-state index >= 15 is 0 Å². The molecule has 0 bridgehead atoms. The summed E-state index contributed by atoms with van der Waals surface area (Å²) in [4.78, 5) is 7.30. The fraction of sp³-hybridized carbons (Fsp3) is 0.500. The second kappa shape index (κ2) is 9.01. The van der Waals surface area contributed by atoms with Gasteiger partial charge < -0.3 is 9.64 Å². The summed E-state index contributed by atoms with van der Waals surface area (Å²) in [5.41, 5.74) is 8.65. The molecule has 0 spiro atoms. The number of hydrogen-bond donors (Lipinski definition) is 2. The first-order valence-electron chi connectivity index (χ1n) is 10.5. The fourth-order valence-corrected chi connectivity index (χ4v) is 5.62. The molecule has 0 aliphatic carbocycles. The predicted octanol–water partition coefficient (Wildman–Crippen LogP) is 2.14. The highest BCUT2D eigenvalue weighted by atomic mass is 32.2. The van der Waals surface area contributed by atoms with Crippen LogP contribution in [-0.4, -0.2) is 57.8 Å². The molecule has 2 aliphatic heterocycles. The molecule has 3 unspecified atom stereocenters. The van der Waals surface area contributed by atoms with E-state index in [4.69, 9.17) is 4.74 Å². The highest BCUT2D eigenvalue weighted by Gasteiger charge is 2.33. The number of aromatic nitrogens is 1. The molecular weight excluding hydrogens is 400 g/mol. The minimum atomic E-state index is -3.29. The van der Waals surface area contributed by atoms with Gasteiger partial charge in [0.15, 0.2) is 9.84 Å². The molecule has 30 heavy (non-hydrogen) atoms. The van der Waals surface area contributed by atoms with Gasteiger partial charge in [-0.15, -0.1) is 0 Å². The van der Waals surface area contributed by atoms with Crippen molar-refractivity contribution in [2.24, 2.45) is 5.92 Å². The predicted molar refractivity (Wildman–Crippen MR) is 116 cm³/mol. The van der Waals surface area contributed by atoms with Crippen LogP contribution in [0.4, 0.5) is 0 Å². The fourth-order valence-electron chi connectivity index (χ4n) is 4.70. The molecule has 162 valence electrons. The molecule has 8 heteroatoms. The highest BCUT2D eigenvalue weighted by molar-refractivity contribution is 7.90. The van der Waals surface area contributed by atoms with E-state index in [1.807, 2.05) is 12.1 Å². The van der Waals surface area contributed by atoms with Crippen LogP contribution in [0, 0.1) is 5.92 Å². The topological polar surface area (TPSA) is 83.6 Å². The van der Waals surface area contributed by atoms with Gasteiger partial charge in [0, 0.05) is 43.9 Å². The standard InChI is InChI=1S/C22H30N4O3S/c1-29-19-8-3-6-16(12-19)21-18(13-24-25-21)15-26-11-5-7-17(14-26)22-20(30(2,27)28)9-4-10-23-22/h3-4,6,8-10,12,17-18,21,24-25H,5,7,11,13-15H2,1-2H3. The number of hydrogen-bond acceptors (Lipinski definition) is 7. The van der Waals surface area contributed by atoms with Gasteiger partial charge in [-0.3, -0.25) is 10.4 Å². The SMILES string of the molecule is COc1cccc(C2NNCC2CN2CCCC(c3ncccc3S(C)(=O)=O)C2)c1. The third-order valence-electron chi connectivity index (χ3n) is 6.13. The van der Waals surface area contributed by atoms with Gasteiger partial charge in [0.05, 0.1) is 23.7 Å². The molecule has 2 N–H and O–H groups in total. The molecule has 2 saturated heterocycles. The zero-order valence-electron chi connectivity index (χ0n) is 17.5. The van der Waals surface area contributed by atoms with Crippen molar-refractivity contribution in [2.75, 3.05) is 39.5 Å². The minimum absolute atomic E-state index is 0.141. The van der Waals surface area contributed by atoms with Crippen LogP contribution >= 0.6 is 0 Å². The third kappa shape index (κ3) is 4.67. The Morgan fingerprint density at radius 3 is 2.93 bits per heavy atom. The number of nitrogens with one attached hydrogen (secondary N) is 2. The molecule has 1 aromatic carbocycles. The van der Waals surface area contributed by atoms with E-state index in [1.165, 1.54) is 11.8 Å².